The number of carboxylic acids is 1. The van der Waals surface area contributed by atoms with Gasteiger partial charge in [0, 0.05) is 6.07 Å². The molecule has 0 saturated carbocycles. The van der Waals surface area contributed by atoms with Crippen molar-refractivity contribution in [3.8, 4) is 0 Å². The third-order valence-corrected chi connectivity index (χ3v) is 3.63. The fourth-order valence-corrected chi connectivity index (χ4v) is 2.50. The molecule has 104 valence electrons. The summed E-state index contributed by atoms with van der Waals surface area (Å²) in [6.45, 7) is 1.63. The Labute approximate surface area is 113 Å². The zero-order valence-electron chi connectivity index (χ0n) is 10.0. The van der Waals surface area contributed by atoms with Crippen LogP contribution in [-0.2, 0) is 0 Å². The van der Waals surface area contributed by atoms with E-state index in [-0.39, 0.29) is 16.9 Å². The third kappa shape index (κ3) is 3.66. The van der Waals surface area contributed by atoms with E-state index in [0.717, 1.165) is 6.07 Å². The minimum absolute atomic E-state index is 0.167. The Morgan fingerprint density at radius 3 is 2.58 bits per heavy atom. The molecule has 0 aromatic heterocycles. The summed E-state index contributed by atoms with van der Waals surface area (Å²) in [5.74, 6) is -1.33. The Balaban J connectivity index is 3.22. The summed E-state index contributed by atoms with van der Waals surface area (Å²) in [6.07, 6.45) is -0.844. The number of nitro groups is 1. The van der Waals surface area contributed by atoms with E-state index in [2.05, 4.69) is 0 Å². The summed E-state index contributed by atoms with van der Waals surface area (Å²) in [7, 11) is 0. The summed E-state index contributed by atoms with van der Waals surface area (Å²) < 4.78 is 0. The SMILES string of the molecule is CCC(O)C(O)Sc1c(C(=O)O)cccc1[N+](=O)[O-]. The molecule has 1 rings (SSSR count). The van der Waals surface area contributed by atoms with Gasteiger partial charge in [-0.3, -0.25) is 10.1 Å². The van der Waals surface area contributed by atoms with Crippen molar-refractivity contribution in [2.45, 2.75) is 29.8 Å². The first-order valence-electron chi connectivity index (χ1n) is 5.42. The van der Waals surface area contributed by atoms with Gasteiger partial charge < -0.3 is 15.3 Å². The van der Waals surface area contributed by atoms with Gasteiger partial charge in [-0.1, -0.05) is 24.8 Å². The number of aliphatic hydroxyl groups is 2. The van der Waals surface area contributed by atoms with Gasteiger partial charge in [0.1, 0.15) is 10.3 Å². The maximum atomic E-state index is 11.0. The lowest BCUT2D eigenvalue weighted by Gasteiger charge is -2.16. The van der Waals surface area contributed by atoms with Gasteiger partial charge in [0.05, 0.1) is 16.6 Å². The average molecular weight is 287 g/mol. The summed E-state index contributed by atoms with van der Waals surface area (Å²) in [4.78, 5) is 21.0. The molecule has 0 spiro atoms. The molecule has 1 aromatic carbocycles. The van der Waals surface area contributed by atoms with Crippen LogP contribution in [0.2, 0.25) is 0 Å². The fraction of sp³-hybridized carbons (Fsp3) is 0.364. The maximum absolute atomic E-state index is 11.0. The average Bonchev–Trinajstić information content (AvgIpc) is 2.37. The van der Waals surface area contributed by atoms with Gasteiger partial charge in [0.2, 0.25) is 0 Å². The Morgan fingerprint density at radius 2 is 2.11 bits per heavy atom. The van der Waals surface area contributed by atoms with Gasteiger partial charge in [-0.2, -0.15) is 0 Å². The smallest absolute Gasteiger partial charge is 0.337 e. The second-order valence-corrected chi connectivity index (χ2v) is 4.83. The molecule has 19 heavy (non-hydrogen) atoms. The standard InChI is InChI=1S/C11H13NO6S/c1-2-8(13)11(16)19-9-6(10(14)15)4-3-5-7(9)12(17)18/h3-5,8,11,13,16H,2H2,1H3,(H,14,15). The molecule has 0 amide bonds. The van der Waals surface area contributed by atoms with E-state index in [9.17, 15) is 25.1 Å². The summed E-state index contributed by atoms with van der Waals surface area (Å²) >= 11 is 0.569. The number of benzene rings is 1. The van der Waals surface area contributed by atoms with Gasteiger partial charge in [-0.25, -0.2) is 4.79 Å². The van der Waals surface area contributed by atoms with Crippen LogP contribution in [-0.4, -0.2) is 37.8 Å². The monoisotopic (exact) mass is 287 g/mol. The van der Waals surface area contributed by atoms with Gasteiger partial charge in [-0.05, 0) is 12.5 Å². The minimum atomic E-state index is -1.33. The number of nitrogens with zero attached hydrogens (tertiary/aromatic N) is 1. The number of rotatable bonds is 6. The summed E-state index contributed by atoms with van der Waals surface area (Å²) in [5.41, 5.74) is -2.02. The lowest BCUT2D eigenvalue weighted by Crippen LogP contribution is -2.22. The Bertz CT molecular complexity index is 460. The molecule has 0 aliphatic rings. The Hall–Kier alpha value is -1.64. The van der Waals surface area contributed by atoms with Crippen LogP contribution < -0.4 is 0 Å². The first kappa shape index (κ1) is 15.4. The third-order valence-electron chi connectivity index (χ3n) is 2.41. The lowest BCUT2D eigenvalue weighted by atomic mass is 10.2. The number of hydrogen-bond acceptors (Lipinski definition) is 6. The van der Waals surface area contributed by atoms with Crippen molar-refractivity contribution in [1.29, 1.82) is 0 Å². The summed E-state index contributed by atoms with van der Waals surface area (Å²) in [6, 6.07) is 3.62. The van der Waals surface area contributed by atoms with Crippen molar-refractivity contribution < 1.29 is 25.0 Å². The summed E-state index contributed by atoms with van der Waals surface area (Å²) in [5, 5.41) is 39.0. The predicted octanol–water partition coefficient (Wildman–Crippen LogP) is 1.47. The van der Waals surface area contributed by atoms with E-state index in [1.54, 1.807) is 6.92 Å². The minimum Gasteiger partial charge on any atom is -0.478 e. The van der Waals surface area contributed by atoms with Crippen molar-refractivity contribution in [3.63, 3.8) is 0 Å². The lowest BCUT2D eigenvalue weighted by molar-refractivity contribution is -0.387. The zero-order valence-corrected chi connectivity index (χ0v) is 10.8. The number of hydrogen-bond donors (Lipinski definition) is 3. The molecule has 0 saturated heterocycles. The van der Waals surface area contributed by atoms with Crippen LogP contribution in [0.5, 0.6) is 0 Å². The highest BCUT2D eigenvalue weighted by atomic mass is 32.2. The van der Waals surface area contributed by atoms with E-state index >= 15 is 0 Å². The van der Waals surface area contributed by atoms with Gasteiger partial charge in [-0.15, -0.1) is 0 Å². The van der Waals surface area contributed by atoms with Crippen LogP contribution in [0.3, 0.4) is 0 Å². The quantitative estimate of drug-likeness (QED) is 0.313. The molecular formula is C11H13NO6S. The van der Waals surface area contributed by atoms with Crippen molar-refractivity contribution >= 4 is 23.4 Å². The van der Waals surface area contributed by atoms with E-state index in [0.29, 0.717) is 11.8 Å². The van der Waals surface area contributed by atoms with Crippen molar-refractivity contribution in [3.05, 3.63) is 33.9 Å². The molecule has 7 nitrogen and oxygen atoms in total. The van der Waals surface area contributed by atoms with Crippen LogP contribution in [0.15, 0.2) is 23.1 Å². The first-order chi connectivity index (χ1) is 8.88. The number of carbonyl (C=O) groups is 1. The van der Waals surface area contributed by atoms with E-state index < -0.39 is 28.1 Å². The van der Waals surface area contributed by atoms with E-state index in [1.807, 2.05) is 0 Å². The normalized spacial score (nSPS) is 13.8. The van der Waals surface area contributed by atoms with Gasteiger partial charge >= 0.3 is 5.97 Å². The highest BCUT2D eigenvalue weighted by molar-refractivity contribution is 8.00. The molecule has 0 aliphatic carbocycles. The van der Waals surface area contributed by atoms with Crippen molar-refractivity contribution in [1.82, 2.24) is 0 Å². The largest absolute Gasteiger partial charge is 0.478 e. The van der Waals surface area contributed by atoms with E-state index in [4.69, 9.17) is 5.11 Å². The Kier molecular flexibility index (Phi) is 5.28. The van der Waals surface area contributed by atoms with Crippen LogP contribution in [0.1, 0.15) is 23.7 Å². The first-order valence-corrected chi connectivity index (χ1v) is 6.30. The number of aliphatic hydroxyl groups excluding tert-OH is 2. The number of thioether (sulfide) groups is 1. The molecule has 0 aliphatic heterocycles. The van der Waals surface area contributed by atoms with Crippen molar-refractivity contribution in [2.24, 2.45) is 0 Å². The molecule has 0 bridgehead atoms. The van der Waals surface area contributed by atoms with E-state index in [1.165, 1.54) is 12.1 Å². The van der Waals surface area contributed by atoms with Gasteiger partial charge in [0.25, 0.3) is 5.69 Å². The second kappa shape index (κ2) is 6.50. The maximum Gasteiger partial charge on any atom is 0.337 e. The van der Waals surface area contributed by atoms with Crippen molar-refractivity contribution in [2.75, 3.05) is 0 Å². The van der Waals surface area contributed by atoms with Crippen LogP contribution in [0, 0.1) is 10.1 Å². The van der Waals surface area contributed by atoms with Crippen LogP contribution in [0.25, 0.3) is 0 Å². The highest BCUT2D eigenvalue weighted by Crippen LogP contribution is 2.35. The topological polar surface area (TPSA) is 121 Å². The van der Waals surface area contributed by atoms with Crippen LogP contribution >= 0.6 is 11.8 Å². The fourth-order valence-electron chi connectivity index (χ4n) is 1.36. The van der Waals surface area contributed by atoms with Crippen LogP contribution in [0.4, 0.5) is 5.69 Å². The highest BCUT2D eigenvalue weighted by Gasteiger charge is 2.26. The zero-order chi connectivity index (χ0) is 14.6. The number of aromatic carboxylic acids is 1. The molecule has 2 atom stereocenters. The molecule has 0 fully saturated rings. The molecule has 1 aromatic rings. The molecular weight excluding hydrogens is 274 g/mol. The number of carboxylic acid groups (broad SMARTS) is 1. The second-order valence-electron chi connectivity index (χ2n) is 3.70. The predicted molar refractivity (Wildman–Crippen MR) is 68.2 cm³/mol. The molecule has 3 N–H and O–H groups in total. The Morgan fingerprint density at radius 1 is 1.47 bits per heavy atom. The number of nitro benzene ring substituents is 1. The molecule has 2 unspecified atom stereocenters. The molecule has 8 heteroatoms. The van der Waals surface area contributed by atoms with Gasteiger partial charge in [0.15, 0.2) is 0 Å². The molecule has 0 heterocycles. The molecule has 0 radical (unpaired) electrons.